The molecule has 4 atom stereocenters. The fourth-order valence-electron chi connectivity index (χ4n) is 5.25. The molecular formula is C26H19Cl3N2O4. The number of halogens is 3. The van der Waals surface area contributed by atoms with Gasteiger partial charge in [-0.25, -0.2) is 4.90 Å². The fraction of sp³-hybridized carbons (Fsp3) is 0.192. The molecule has 2 N–H and O–H groups in total. The van der Waals surface area contributed by atoms with E-state index in [0.717, 1.165) is 4.90 Å². The molecule has 2 saturated heterocycles. The van der Waals surface area contributed by atoms with E-state index in [2.05, 4.69) is 5.32 Å². The van der Waals surface area contributed by atoms with Gasteiger partial charge in [-0.15, -0.1) is 0 Å². The summed E-state index contributed by atoms with van der Waals surface area (Å²) >= 11 is 18.8. The highest BCUT2D eigenvalue weighted by Gasteiger charge is 2.68. The van der Waals surface area contributed by atoms with Crippen LogP contribution >= 0.6 is 34.8 Å². The first kappa shape index (κ1) is 23.8. The molecule has 35 heavy (non-hydrogen) atoms. The van der Waals surface area contributed by atoms with E-state index in [-0.39, 0.29) is 17.1 Å². The number of carboxylic acids is 1. The summed E-state index contributed by atoms with van der Waals surface area (Å²) in [6.45, 7) is 0. The predicted octanol–water partition coefficient (Wildman–Crippen LogP) is 5.16. The number of nitrogens with zero attached hydrogens (tertiary/aromatic N) is 1. The van der Waals surface area contributed by atoms with Crippen molar-refractivity contribution in [3.63, 3.8) is 0 Å². The second-order valence-electron chi connectivity index (χ2n) is 8.69. The average Bonchev–Trinajstić information content (AvgIpc) is 3.29. The van der Waals surface area contributed by atoms with Crippen molar-refractivity contribution in [2.75, 3.05) is 4.90 Å². The first-order valence-corrected chi connectivity index (χ1v) is 12.0. The Labute approximate surface area is 216 Å². The summed E-state index contributed by atoms with van der Waals surface area (Å²) in [5.74, 6) is -4.60. The highest BCUT2D eigenvalue weighted by molar-refractivity contribution is 6.38. The highest BCUT2D eigenvalue weighted by atomic mass is 35.5. The molecule has 3 aromatic rings. The average molecular weight is 530 g/mol. The zero-order valence-corrected chi connectivity index (χ0v) is 20.4. The Morgan fingerprint density at radius 1 is 0.914 bits per heavy atom. The number of hydrogen-bond donors (Lipinski definition) is 2. The van der Waals surface area contributed by atoms with Crippen LogP contribution in [0.4, 0.5) is 5.69 Å². The molecule has 3 aromatic carbocycles. The molecule has 2 heterocycles. The molecule has 0 unspecified atom stereocenters. The van der Waals surface area contributed by atoms with Crippen LogP contribution in [0.15, 0.2) is 72.8 Å². The molecule has 2 aliphatic rings. The molecule has 0 saturated carbocycles. The van der Waals surface area contributed by atoms with Crippen LogP contribution in [0.5, 0.6) is 0 Å². The molecule has 0 aliphatic carbocycles. The van der Waals surface area contributed by atoms with Crippen LogP contribution < -0.4 is 10.2 Å². The minimum atomic E-state index is -1.75. The molecule has 0 aromatic heterocycles. The topological polar surface area (TPSA) is 86.7 Å². The SMILES string of the molecule is O=C1[C@H]2[C@@H](C(=O)N1c1ccc(Cl)cc1Cl)[C@@](Cc1ccccc1)(C(=O)O)N[C@H]2c1ccccc1Cl. The number of aliphatic carboxylic acids is 1. The molecule has 2 fully saturated rings. The Hall–Kier alpha value is -2.90. The lowest BCUT2D eigenvalue weighted by Crippen LogP contribution is -2.57. The van der Waals surface area contributed by atoms with Crippen LogP contribution in [0.25, 0.3) is 0 Å². The quantitative estimate of drug-likeness (QED) is 0.446. The number of carboxylic acid groups (broad SMARTS) is 1. The summed E-state index contributed by atoms with van der Waals surface area (Å²) in [4.78, 5) is 41.6. The van der Waals surface area contributed by atoms with Crippen LogP contribution in [-0.2, 0) is 20.8 Å². The molecule has 6 nitrogen and oxygen atoms in total. The molecule has 2 aliphatic heterocycles. The Kier molecular flexibility index (Phi) is 6.09. The van der Waals surface area contributed by atoms with E-state index < -0.39 is 41.2 Å². The van der Waals surface area contributed by atoms with Gasteiger partial charge in [0.1, 0.15) is 5.54 Å². The van der Waals surface area contributed by atoms with Gasteiger partial charge in [-0.3, -0.25) is 19.7 Å². The highest BCUT2D eigenvalue weighted by Crippen LogP contribution is 2.52. The lowest BCUT2D eigenvalue weighted by molar-refractivity contribution is -0.148. The predicted molar refractivity (Wildman–Crippen MR) is 134 cm³/mol. The first-order chi connectivity index (χ1) is 16.7. The number of hydrogen-bond acceptors (Lipinski definition) is 4. The van der Waals surface area contributed by atoms with Crippen LogP contribution in [-0.4, -0.2) is 28.4 Å². The van der Waals surface area contributed by atoms with E-state index in [1.807, 2.05) is 6.07 Å². The monoisotopic (exact) mass is 528 g/mol. The fourth-order valence-corrected chi connectivity index (χ4v) is 6.00. The summed E-state index contributed by atoms with van der Waals surface area (Å²) in [6, 6.07) is 19.5. The molecule has 0 radical (unpaired) electrons. The van der Waals surface area contributed by atoms with Crippen LogP contribution in [0.3, 0.4) is 0 Å². The minimum absolute atomic E-state index is 0.00744. The normalized spacial score (nSPS) is 25.7. The number of amides is 2. The van der Waals surface area contributed by atoms with Gasteiger partial charge in [0.15, 0.2) is 0 Å². The van der Waals surface area contributed by atoms with E-state index in [9.17, 15) is 19.5 Å². The summed E-state index contributed by atoms with van der Waals surface area (Å²) in [5, 5.41) is 14.5. The summed E-state index contributed by atoms with van der Waals surface area (Å²) in [6.07, 6.45) is -0.00744. The number of nitrogens with one attached hydrogen (secondary N) is 1. The number of fused-ring (bicyclic) bond motifs is 1. The van der Waals surface area contributed by atoms with Gasteiger partial charge in [-0.2, -0.15) is 0 Å². The Morgan fingerprint density at radius 2 is 1.60 bits per heavy atom. The van der Waals surface area contributed by atoms with Gasteiger partial charge in [0, 0.05) is 22.5 Å². The van der Waals surface area contributed by atoms with Gasteiger partial charge in [0.05, 0.1) is 22.5 Å². The third-order valence-electron chi connectivity index (χ3n) is 6.75. The number of anilines is 1. The largest absolute Gasteiger partial charge is 0.480 e. The van der Waals surface area contributed by atoms with Crippen molar-refractivity contribution in [1.29, 1.82) is 0 Å². The maximum absolute atomic E-state index is 13.9. The molecular weight excluding hydrogens is 511 g/mol. The molecule has 2 amide bonds. The smallest absolute Gasteiger partial charge is 0.325 e. The molecule has 9 heteroatoms. The zero-order valence-electron chi connectivity index (χ0n) is 18.1. The van der Waals surface area contributed by atoms with Crippen molar-refractivity contribution in [2.45, 2.75) is 18.0 Å². The molecule has 0 spiro atoms. The van der Waals surface area contributed by atoms with Crippen LogP contribution in [0, 0.1) is 11.8 Å². The van der Waals surface area contributed by atoms with Crippen molar-refractivity contribution in [3.05, 3.63) is 99.0 Å². The first-order valence-electron chi connectivity index (χ1n) is 10.9. The Bertz CT molecular complexity index is 1350. The summed E-state index contributed by atoms with van der Waals surface area (Å²) < 4.78 is 0. The van der Waals surface area contributed by atoms with E-state index >= 15 is 0 Å². The Morgan fingerprint density at radius 3 is 2.26 bits per heavy atom. The van der Waals surface area contributed by atoms with E-state index in [4.69, 9.17) is 34.8 Å². The molecule has 178 valence electrons. The van der Waals surface area contributed by atoms with E-state index in [1.54, 1.807) is 48.5 Å². The summed E-state index contributed by atoms with van der Waals surface area (Å²) in [5.41, 5.74) is -0.330. The number of carbonyl (C=O) groups is 3. The minimum Gasteiger partial charge on any atom is -0.480 e. The number of benzene rings is 3. The van der Waals surface area contributed by atoms with Crippen molar-refractivity contribution >= 4 is 58.3 Å². The van der Waals surface area contributed by atoms with Crippen LogP contribution in [0.2, 0.25) is 15.1 Å². The van der Waals surface area contributed by atoms with E-state index in [0.29, 0.717) is 21.2 Å². The van der Waals surface area contributed by atoms with Gasteiger partial charge in [0.25, 0.3) is 0 Å². The van der Waals surface area contributed by atoms with Gasteiger partial charge in [-0.05, 0) is 35.4 Å². The van der Waals surface area contributed by atoms with Crippen molar-refractivity contribution in [2.24, 2.45) is 11.8 Å². The number of imide groups is 1. The van der Waals surface area contributed by atoms with Crippen LogP contribution in [0.1, 0.15) is 17.2 Å². The Balaban J connectivity index is 1.69. The number of rotatable bonds is 5. The van der Waals surface area contributed by atoms with Gasteiger partial charge < -0.3 is 5.11 Å². The lowest BCUT2D eigenvalue weighted by Gasteiger charge is -2.31. The maximum Gasteiger partial charge on any atom is 0.325 e. The zero-order chi connectivity index (χ0) is 24.9. The van der Waals surface area contributed by atoms with E-state index in [1.165, 1.54) is 18.2 Å². The number of carbonyl (C=O) groups excluding carboxylic acids is 2. The van der Waals surface area contributed by atoms with Gasteiger partial charge in [-0.1, -0.05) is 83.3 Å². The van der Waals surface area contributed by atoms with Crippen molar-refractivity contribution in [3.8, 4) is 0 Å². The third kappa shape index (κ3) is 3.81. The van der Waals surface area contributed by atoms with Crippen molar-refractivity contribution in [1.82, 2.24) is 5.32 Å². The standard InChI is InChI=1S/C26H19Cl3N2O4/c27-15-10-11-19(18(29)12-15)31-23(32)20-21(24(31)33)26(25(34)35,13-14-6-2-1-3-7-14)30-22(20)16-8-4-5-9-17(16)28/h1-12,20-22,30H,13H2,(H,34,35)/t20-,21-,22-,26-/m0/s1. The second-order valence-corrected chi connectivity index (χ2v) is 9.94. The van der Waals surface area contributed by atoms with Crippen molar-refractivity contribution < 1.29 is 19.5 Å². The second kappa shape index (κ2) is 8.95. The van der Waals surface area contributed by atoms with Gasteiger partial charge >= 0.3 is 5.97 Å². The third-order valence-corrected chi connectivity index (χ3v) is 7.63. The summed E-state index contributed by atoms with van der Waals surface area (Å²) in [7, 11) is 0. The molecule has 0 bridgehead atoms. The lowest BCUT2D eigenvalue weighted by atomic mass is 9.76. The van der Waals surface area contributed by atoms with Gasteiger partial charge in [0.2, 0.25) is 11.8 Å². The molecule has 5 rings (SSSR count). The maximum atomic E-state index is 13.9.